The minimum atomic E-state index is -1.18. The molecule has 0 aliphatic carbocycles. The van der Waals surface area contributed by atoms with E-state index in [1.165, 1.54) is 0 Å². The second-order valence-electron chi connectivity index (χ2n) is 3.54. The lowest BCUT2D eigenvalue weighted by molar-refractivity contribution is -0.159. The summed E-state index contributed by atoms with van der Waals surface area (Å²) in [6.07, 6.45) is 0. The molecule has 0 saturated carbocycles. The molecule has 0 radical (unpaired) electrons. The molecule has 1 rings (SSSR count). The standard InChI is InChI=1S/C12H15NO4/c1-13-7-10(11(14)15)12(16)17-8-9-5-3-2-4-6-9/h2-6,10,13H,7-8H2,1H3,(H,14,15). The van der Waals surface area contributed by atoms with E-state index in [9.17, 15) is 9.59 Å². The Hall–Kier alpha value is -1.88. The van der Waals surface area contributed by atoms with Crippen molar-refractivity contribution in [3.63, 3.8) is 0 Å². The molecule has 0 spiro atoms. The smallest absolute Gasteiger partial charge is 0.321 e. The number of esters is 1. The summed E-state index contributed by atoms with van der Waals surface area (Å²) in [6, 6.07) is 9.12. The van der Waals surface area contributed by atoms with Crippen molar-refractivity contribution in [2.75, 3.05) is 13.6 Å². The molecule has 1 unspecified atom stereocenters. The minimum absolute atomic E-state index is 0.0585. The zero-order valence-corrected chi connectivity index (χ0v) is 9.55. The number of ether oxygens (including phenoxy) is 1. The SMILES string of the molecule is CNCC(C(=O)O)C(=O)OCc1ccccc1. The lowest BCUT2D eigenvalue weighted by atomic mass is 10.1. The second-order valence-corrected chi connectivity index (χ2v) is 3.54. The van der Waals surface area contributed by atoms with E-state index in [2.05, 4.69) is 5.32 Å². The van der Waals surface area contributed by atoms with E-state index < -0.39 is 17.9 Å². The third-order valence-corrected chi connectivity index (χ3v) is 2.21. The average molecular weight is 237 g/mol. The molecule has 2 N–H and O–H groups in total. The highest BCUT2D eigenvalue weighted by Crippen LogP contribution is 2.05. The fourth-order valence-electron chi connectivity index (χ4n) is 1.30. The van der Waals surface area contributed by atoms with Crippen LogP contribution in [0.2, 0.25) is 0 Å². The number of hydrogen-bond donors (Lipinski definition) is 2. The normalized spacial score (nSPS) is 11.8. The third-order valence-electron chi connectivity index (χ3n) is 2.21. The van der Waals surface area contributed by atoms with E-state index in [4.69, 9.17) is 9.84 Å². The van der Waals surface area contributed by atoms with Gasteiger partial charge in [0.2, 0.25) is 0 Å². The minimum Gasteiger partial charge on any atom is -0.481 e. The number of aliphatic carboxylic acids is 1. The van der Waals surface area contributed by atoms with Gasteiger partial charge in [0.1, 0.15) is 6.61 Å². The van der Waals surface area contributed by atoms with Crippen LogP contribution in [0.5, 0.6) is 0 Å². The Kier molecular flexibility index (Phi) is 5.16. The van der Waals surface area contributed by atoms with Crippen molar-refractivity contribution in [3.8, 4) is 0 Å². The first-order valence-corrected chi connectivity index (χ1v) is 5.23. The molecule has 17 heavy (non-hydrogen) atoms. The molecule has 1 aromatic carbocycles. The molecular weight excluding hydrogens is 222 g/mol. The Morgan fingerprint density at radius 1 is 1.35 bits per heavy atom. The fraction of sp³-hybridized carbons (Fsp3) is 0.333. The van der Waals surface area contributed by atoms with Crippen LogP contribution in [-0.2, 0) is 20.9 Å². The summed E-state index contributed by atoms with van der Waals surface area (Å²) >= 11 is 0. The Bertz CT molecular complexity index is 377. The molecular formula is C12H15NO4. The van der Waals surface area contributed by atoms with E-state index in [0.29, 0.717) is 0 Å². The maximum absolute atomic E-state index is 11.5. The molecule has 92 valence electrons. The van der Waals surface area contributed by atoms with Crippen molar-refractivity contribution >= 4 is 11.9 Å². The molecule has 0 saturated heterocycles. The van der Waals surface area contributed by atoms with Crippen LogP contribution in [0.1, 0.15) is 5.56 Å². The van der Waals surface area contributed by atoms with Crippen molar-refractivity contribution in [3.05, 3.63) is 35.9 Å². The Labute approximate surface area is 99.4 Å². The number of rotatable bonds is 6. The van der Waals surface area contributed by atoms with Crippen LogP contribution < -0.4 is 5.32 Å². The predicted molar refractivity (Wildman–Crippen MR) is 61.3 cm³/mol. The van der Waals surface area contributed by atoms with Crippen LogP contribution in [-0.4, -0.2) is 30.6 Å². The van der Waals surface area contributed by atoms with Crippen LogP contribution >= 0.6 is 0 Å². The van der Waals surface area contributed by atoms with Gasteiger partial charge in [0.25, 0.3) is 0 Å². The van der Waals surface area contributed by atoms with Gasteiger partial charge >= 0.3 is 11.9 Å². The highest BCUT2D eigenvalue weighted by molar-refractivity contribution is 5.94. The summed E-state index contributed by atoms with van der Waals surface area (Å²) in [5.74, 6) is -3.07. The van der Waals surface area contributed by atoms with Gasteiger partial charge in [0, 0.05) is 6.54 Å². The van der Waals surface area contributed by atoms with E-state index in [0.717, 1.165) is 5.56 Å². The van der Waals surface area contributed by atoms with Crippen LogP contribution in [0.15, 0.2) is 30.3 Å². The van der Waals surface area contributed by atoms with Crippen LogP contribution in [0.25, 0.3) is 0 Å². The summed E-state index contributed by atoms with van der Waals surface area (Å²) in [7, 11) is 1.58. The number of carboxylic acid groups (broad SMARTS) is 1. The number of carboxylic acids is 1. The van der Waals surface area contributed by atoms with Crippen LogP contribution in [0.3, 0.4) is 0 Å². The second kappa shape index (κ2) is 6.65. The van der Waals surface area contributed by atoms with Gasteiger partial charge in [0.05, 0.1) is 0 Å². The molecule has 0 amide bonds. The Morgan fingerprint density at radius 2 is 2.00 bits per heavy atom. The van der Waals surface area contributed by atoms with Crippen molar-refractivity contribution < 1.29 is 19.4 Å². The Morgan fingerprint density at radius 3 is 2.53 bits per heavy atom. The third kappa shape index (κ3) is 4.24. The van der Waals surface area contributed by atoms with E-state index in [1.807, 2.05) is 18.2 Å². The van der Waals surface area contributed by atoms with Crippen molar-refractivity contribution in [1.82, 2.24) is 5.32 Å². The van der Waals surface area contributed by atoms with Gasteiger partial charge in [-0.25, -0.2) is 0 Å². The largest absolute Gasteiger partial charge is 0.481 e. The predicted octanol–water partition coefficient (Wildman–Crippen LogP) is 0.650. The highest BCUT2D eigenvalue weighted by Gasteiger charge is 2.26. The van der Waals surface area contributed by atoms with Gasteiger partial charge in [-0.3, -0.25) is 9.59 Å². The summed E-state index contributed by atoms with van der Waals surface area (Å²) in [6.45, 7) is 0.149. The number of carbonyl (C=O) groups is 2. The zero-order valence-electron chi connectivity index (χ0n) is 9.55. The van der Waals surface area contributed by atoms with Crippen LogP contribution in [0, 0.1) is 5.92 Å². The molecule has 0 aliphatic rings. The topological polar surface area (TPSA) is 75.6 Å². The summed E-state index contributed by atoms with van der Waals surface area (Å²) in [5, 5.41) is 11.5. The van der Waals surface area contributed by atoms with Crippen molar-refractivity contribution in [2.24, 2.45) is 5.92 Å². The van der Waals surface area contributed by atoms with Gasteiger partial charge < -0.3 is 15.2 Å². The van der Waals surface area contributed by atoms with Gasteiger partial charge in [-0.1, -0.05) is 30.3 Å². The zero-order chi connectivity index (χ0) is 12.7. The lowest BCUT2D eigenvalue weighted by Crippen LogP contribution is -2.34. The maximum atomic E-state index is 11.5. The van der Waals surface area contributed by atoms with Gasteiger partial charge in [-0.05, 0) is 12.6 Å². The Balaban J connectivity index is 2.50. The fourth-order valence-corrected chi connectivity index (χ4v) is 1.30. The van der Waals surface area contributed by atoms with E-state index in [-0.39, 0.29) is 13.2 Å². The van der Waals surface area contributed by atoms with Gasteiger partial charge in [-0.2, -0.15) is 0 Å². The monoisotopic (exact) mass is 237 g/mol. The van der Waals surface area contributed by atoms with Gasteiger partial charge in [-0.15, -0.1) is 0 Å². The first-order chi connectivity index (χ1) is 8.15. The lowest BCUT2D eigenvalue weighted by Gasteiger charge is -2.11. The summed E-state index contributed by atoms with van der Waals surface area (Å²) in [4.78, 5) is 22.3. The quantitative estimate of drug-likeness (QED) is 0.561. The first kappa shape index (κ1) is 13.2. The van der Waals surface area contributed by atoms with Crippen LogP contribution in [0.4, 0.5) is 0 Å². The van der Waals surface area contributed by atoms with Gasteiger partial charge in [0.15, 0.2) is 5.92 Å². The summed E-state index contributed by atoms with van der Waals surface area (Å²) < 4.78 is 4.94. The molecule has 1 aromatic rings. The van der Waals surface area contributed by atoms with Crippen molar-refractivity contribution in [2.45, 2.75) is 6.61 Å². The first-order valence-electron chi connectivity index (χ1n) is 5.23. The number of carbonyl (C=O) groups excluding carboxylic acids is 1. The molecule has 5 nitrogen and oxygen atoms in total. The van der Waals surface area contributed by atoms with E-state index in [1.54, 1.807) is 19.2 Å². The molecule has 0 aliphatic heterocycles. The molecule has 0 heterocycles. The highest BCUT2D eigenvalue weighted by atomic mass is 16.5. The maximum Gasteiger partial charge on any atom is 0.321 e. The summed E-state index contributed by atoms with van der Waals surface area (Å²) in [5.41, 5.74) is 0.828. The molecule has 1 atom stereocenters. The molecule has 0 bridgehead atoms. The van der Waals surface area contributed by atoms with Crippen molar-refractivity contribution in [1.29, 1.82) is 0 Å². The molecule has 5 heteroatoms. The number of hydrogen-bond acceptors (Lipinski definition) is 4. The van der Waals surface area contributed by atoms with E-state index >= 15 is 0 Å². The average Bonchev–Trinajstić information content (AvgIpc) is 2.34. The number of benzene rings is 1. The molecule has 0 fully saturated rings. The number of nitrogens with one attached hydrogen (secondary N) is 1. The molecule has 0 aromatic heterocycles.